The molecule has 0 aliphatic heterocycles. The summed E-state index contributed by atoms with van der Waals surface area (Å²) in [6.45, 7) is 0. The van der Waals surface area contributed by atoms with E-state index in [9.17, 15) is 0 Å². The zero-order valence-corrected chi connectivity index (χ0v) is 13.1. The van der Waals surface area contributed by atoms with Crippen LogP contribution < -0.4 is 4.74 Å². The summed E-state index contributed by atoms with van der Waals surface area (Å²) in [5, 5.41) is 0.842. The second-order valence-electron chi connectivity index (χ2n) is 4.62. The van der Waals surface area contributed by atoms with Crippen LogP contribution in [0.5, 0.6) is 5.75 Å². The molecule has 1 fully saturated rings. The van der Waals surface area contributed by atoms with Gasteiger partial charge in [-0.1, -0.05) is 44.7 Å². The zero-order valence-electron chi connectivity index (χ0n) is 9.92. The van der Waals surface area contributed by atoms with Crippen LogP contribution in [0.25, 0.3) is 0 Å². The van der Waals surface area contributed by atoms with Crippen molar-refractivity contribution in [2.75, 3.05) is 0 Å². The highest BCUT2D eigenvalue weighted by Crippen LogP contribution is 2.29. The van der Waals surface area contributed by atoms with Crippen molar-refractivity contribution < 1.29 is 4.74 Å². The highest BCUT2D eigenvalue weighted by Gasteiger charge is 2.15. The van der Waals surface area contributed by atoms with Gasteiger partial charge >= 0.3 is 0 Å². The number of ether oxygens (including phenoxy) is 1. The van der Waals surface area contributed by atoms with E-state index in [0.29, 0.717) is 6.10 Å². The first kappa shape index (κ1) is 13.4. The first-order valence-corrected chi connectivity index (χ1v) is 8.22. The van der Waals surface area contributed by atoms with Crippen LogP contribution >= 0.6 is 31.9 Å². The molecule has 3 heteroatoms. The number of halogens is 2. The molecule has 0 atom stereocenters. The number of hydrogen-bond donors (Lipinski definition) is 0. The molecule has 94 valence electrons. The molecule has 1 aliphatic rings. The Hall–Kier alpha value is -0.0200. The molecule has 0 radical (unpaired) electrons. The van der Waals surface area contributed by atoms with Gasteiger partial charge in [0.2, 0.25) is 0 Å². The normalized spacial score (nSPS) is 17.8. The average Bonchev–Trinajstić information content (AvgIpc) is 2.60. The van der Waals surface area contributed by atoms with E-state index in [2.05, 4.69) is 50.1 Å². The van der Waals surface area contributed by atoms with E-state index >= 15 is 0 Å². The maximum Gasteiger partial charge on any atom is 0.123 e. The fourth-order valence-corrected chi connectivity index (χ4v) is 3.15. The van der Waals surface area contributed by atoms with Crippen LogP contribution in [0.4, 0.5) is 0 Å². The van der Waals surface area contributed by atoms with Gasteiger partial charge in [-0.2, -0.15) is 0 Å². The SMILES string of the molecule is BrCc1cc(Br)ccc1OC1CCCCCC1. The van der Waals surface area contributed by atoms with E-state index in [1.807, 2.05) is 0 Å². The molecule has 0 bridgehead atoms. The molecule has 0 spiro atoms. The van der Waals surface area contributed by atoms with Crippen LogP contribution in [0.3, 0.4) is 0 Å². The van der Waals surface area contributed by atoms with Crippen molar-refractivity contribution in [2.24, 2.45) is 0 Å². The Morgan fingerprint density at radius 2 is 1.82 bits per heavy atom. The molecule has 0 N–H and O–H groups in total. The minimum atomic E-state index is 0.413. The molecule has 1 aliphatic carbocycles. The second-order valence-corrected chi connectivity index (χ2v) is 6.09. The molecule has 2 rings (SSSR count). The van der Waals surface area contributed by atoms with Crippen LogP contribution in [0.2, 0.25) is 0 Å². The third-order valence-corrected chi connectivity index (χ3v) is 4.36. The van der Waals surface area contributed by atoms with Gasteiger partial charge < -0.3 is 4.74 Å². The van der Waals surface area contributed by atoms with Gasteiger partial charge in [0.05, 0.1) is 6.10 Å². The number of benzene rings is 1. The van der Waals surface area contributed by atoms with Crippen LogP contribution in [-0.4, -0.2) is 6.10 Å². The monoisotopic (exact) mass is 360 g/mol. The van der Waals surface area contributed by atoms with Gasteiger partial charge in [-0.05, 0) is 43.9 Å². The largest absolute Gasteiger partial charge is 0.490 e. The summed E-state index contributed by atoms with van der Waals surface area (Å²) in [6.07, 6.45) is 8.18. The Balaban J connectivity index is 2.06. The highest BCUT2D eigenvalue weighted by molar-refractivity contribution is 9.10. The smallest absolute Gasteiger partial charge is 0.123 e. The molecular formula is C14H18Br2O. The summed E-state index contributed by atoms with van der Waals surface area (Å²) >= 11 is 7.02. The Morgan fingerprint density at radius 1 is 1.12 bits per heavy atom. The van der Waals surface area contributed by atoms with Crippen molar-refractivity contribution in [3.05, 3.63) is 28.2 Å². The van der Waals surface area contributed by atoms with Crippen molar-refractivity contribution in [2.45, 2.75) is 50.0 Å². The van der Waals surface area contributed by atoms with E-state index < -0.39 is 0 Å². The Labute approximate surface area is 120 Å². The standard InChI is InChI=1S/C14H18Br2O/c15-10-11-9-12(16)7-8-14(11)17-13-5-3-1-2-4-6-13/h7-9,13H,1-6,10H2. The average molecular weight is 362 g/mol. The summed E-state index contributed by atoms with van der Waals surface area (Å²) in [4.78, 5) is 0. The molecule has 17 heavy (non-hydrogen) atoms. The quantitative estimate of drug-likeness (QED) is 0.514. The first-order chi connectivity index (χ1) is 8.29. The minimum absolute atomic E-state index is 0.413. The molecule has 1 saturated carbocycles. The third kappa shape index (κ3) is 3.99. The van der Waals surface area contributed by atoms with Crippen LogP contribution in [0, 0.1) is 0 Å². The third-order valence-electron chi connectivity index (χ3n) is 3.26. The molecule has 0 aromatic heterocycles. The van der Waals surface area contributed by atoms with Crippen molar-refractivity contribution >= 4 is 31.9 Å². The number of alkyl halides is 1. The Bertz CT molecular complexity index is 357. The molecule has 0 unspecified atom stereocenters. The maximum atomic E-state index is 6.16. The van der Waals surface area contributed by atoms with Gasteiger partial charge in [0.15, 0.2) is 0 Å². The van der Waals surface area contributed by atoms with Gasteiger partial charge in [0, 0.05) is 15.4 Å². The lowest BCUT2D eigenvalue weighted by Crippen LogP contribution is -2.15. The fourth-order valence-electron chi connectivity index (χ4n) is 2.31. The molecule has 1 aromatic carbocycles. The number of hydrogen-bond acceptors (Lipinski definition) is 1. The summed E-state index contributed by atoms with van der Waals surface area (Å²) in [7, 11) is 0. The predicted octanol–water partition coefficient (Wildman–Crippen LogP) is 5.45. The van der Waals surface area contributed by atoms with E-state index in [-0.39, 0.29) is 0 Å². The van der Waals surface area contributed by atoms with Crippen LogP contribution in [0.1, 0.15) is 44.1 Å². The zero-order chi connectivity index (χ0) is 12.1. The van der Waals surface area contributed by atoms with Crippen molar-refractivity contribution in [3.8, 4) is 5.75 Å². The lowest BCUT2D eigenvalue weighted by atomic mass is 10.1. The van der Waals surface area contributed by atoms with Crippen molar-refractivity contribution in [3.63, 3.8) is 0 Å². The molecule has 0 saturated heterocycles. The summed E-state index contributed by atoms with van der Waals surface area (Å²) in [5.41, 5.74) is 1.23. The Kier molecular flexibility index (Phi) is 5.36. The molecule has 1 aromatic rings. The fraction of sp³-hybridized carbons (Fsp3) is 0.571. The van der Waals surface area contributed by atoms with Crippen molar-refractivity contribution in [1.29, 1.82) is 0 Å². The summed E-state index contributed by atoms with van der Waals surface area (Å²) in [5.74, 6) is 1.04. The van der Waals surface area contributed by atoms with E-state index in [0.717, 1.165) is 15.6 Å². The molecular weight excluding hydrogens is 344 g/mol. The topological polar surface area (TPSA) is 9.23 Å². The second kappa shape index (κ2) is 6.79. The Morgan fingerprint density at radius 3 is 2.47 bits per heavy atom. The van der Waals surface area contributed by atoms with E-state index in [1.54, 1.807) is 0 Å². The molecule has 0 amide bonds. The van der Waals surface area contributed by atoms with Gasteiger partial charge in [0.1, 0.15) is 5.75 Å². The van der Waals surface area contributed by atoms with Gasteiger partial charge in [-0.25, -0.2) is 0 Å². The van der Waals surface area contributed by atoms with E-state index in [4.69, 9.17) is 4.74 Å². The number of rotatable bonds is 3. The van der Waals surface area contributed by atoms with Crippen LogP contribution in [0.15, 0.2) is 22.7 Å². The van der Waals surface area contributed by atoms with Gasteiger partial charge in [0.25, 0.3) is 0 Å². The lowest BCUT2D eigenvalue weighted by molar-refractivity contribution is 0.182. The van der Waals surface area contributed by atoms with Crippen molar-refractivity contribution in [1.82, 2.24) is 0 Å². The summed E-state index contributed by atoms with van der Waals surface area (Å²) in [6, 6.07) is 6.25. The van der Waals surface area contributed by atoms with Crippen LogP contribution in [-0.2, 0) is 5.33 Å². The minimum Gasteiger partial charge on any atom is -0.490 e. The molecule has 1 nitrogen and oxygen atoms in total. The first-order valence-electron chi connectivity index (χ1n) is 6.30. The highest BCUT2D eigenvalue weighted by atomic mass is 79.9. The summed E-state index contributed by atoms with van der Waals surface area (Å²) < 4.78 is 7.27. The van der Waals surface area contributed by atoms with E-state index in [1.165, 1.54) is 44.1 Å². The van der Waals surface area contributed by atoms with Gasteiger partial charge in [-0.15, -0.1) is 0 Å². The molecule has 0 heterocycles. The predicted molar refractivity (Wildman–Crippen MR) is 78.9 cm³/mol. The maximum absolute atomic E-state index is 6.16. The van der Waals surface area contributed by atoms with Gasteiger partial charge in [-0.3, -0.25) is 0 Å². The lowest BCUT2D eigenvalue weighted by Gasteiger charge is -2.19.